The Hall–Kier alpha value is -3.98. The molecule has 0 aliphatic carbocycles. The summed E-state index contributed by atoms with van der Waals surface area (Å²) in [6.45, 7) is 3.87. The zero-order valence-electron chi connectivity index (χ0n) is 19.3. The molecule has 2 aromatic heterocycles. The molecule has 5 aromatic rings. The number of halogens is 3. The number of esters is 1. The van der Waals surface area contributed by atoms with Crippen LogP contribution in [0.25, 0.3) is 31.7 Å². The lowest BCUT2D eigenvalue weighted by molar-refractivity contribution is -0.137. The van der Waals surface area contributed by atoms with E-state index in [1.165, 1.54) is 17.8 Å². The van der Waals surface area contributed by atoms with Gasteiger partial charge in [-0.1, -0.05) is 12.1 Å². The summed E-state index contributed by atoms with van der Waals surface area (Å²) in [5.74, 6) is -0.615. The van der Waals surface area contributed by atoms with E-state index in [0.717, 1.165) is 32.9 Å². The smallest absolute Gasteiger partial charge is 0.416 e. The first-order valence-corrected chi connectivity index (χ1v) is 12.0. The summed E-state index contributed by atoms with van der Waals surface area (Å²) in [4.78, 5) is 21.4. The summed E-state index contributed by atoms with van der Waals surface area (Å²) in [6, 6.07) is 16.8. The zero-order chi connectivity index (χ0) is 25.4. The Bertz CT molecular complexity index is 1590. The maximum absolute atomic E-state index is 13.2. The Morgan fingerprint density at radius 2 is 1.81 bits per heavy atom. The van der Waals surface area contributed by atoms with E-state index in [0.29, 0.717) is 16.8 Å². The number of benzene rings is 3. The van der Waals surface area contributed by atoms with Crippen LogP contribution in [0.15, 0.2) is 66.9 Å². The Kier molecular flexibility index (Phi) is 6.09. The first-order valence-electron chi connectivity index (χ1n) is 11.1. The molecule has 5 rings (SSSR count). The van der Waals surface area contributed by atoms with Crippen molar-refractivity contribution < 1.29 is 22.7 Å². The maximum Gasteiger partial charge on any atom is 0.416 e. The van der Waals surface area contributed by atoms with E-state index in [2.05, 4.69) is 16.4 Å². The number of ether oxygens (including phenoxy) is 1. The average molecular weight is 508 g/mol. The fourth-order valence-corrected chi connectivity index (χ4v) is 4.93. The molecule has 0 aliphatic heterocycles. The number of nitrogens with zero attached hydrogens (tertiary/aromatic N) is 2. The van der Waals surface area contributed by atoms with Crippen molar-refractivity contribution in [3.05, 3.63) is 83.6 Å². The lowest BCUT2D eigenvalue weighted by atomic mass is 10.1. The van der Waals surface area contributed by atoms with Crippen LogP contribution < -0.4 is 5.32 Å². The van der Waals surface area contributed by atoms with Gasteiger partial charge in [0.2, 0.25) is 0 Å². The number of alkyl halides is 3. The summed E-state index contributed by atoms with van der Waals surface area (Å²) < 4.78 is 45.9. The first kappa shape index (κ1) is 23.7. The number of pyridine rings is 1. The van der Waals surface area contributed by atoms with E-state index < -0.39 is 17.7 Å². The van der Waals surface area contributed by atoms with Crippen molar-refractivity contribution >= 4 is 49.8 Å². The summed E-state index contributed by atoms with van der Waals surface area (Å²) >= 11 is 1.60. The normalized spacial score (nSPS) is 11.7. The van der Waals surface area contributed by atoms with E-state index in [4.69, 9.17) is 9.72 Å². The molecule has 1 N–H and O–H groups in total. The Morgan fingerprint density at radius 1 is 1.03 bits per heavy atom. The number of hydrogen-bond acceptors (Lipinski definition) is 6. The van der Waals surface area contributed by atoms with Crippen LogP contribution in [-0.2, 0) is 10.9 Å². The first-order chi connectivity index (χ1) is 17.2. The minimum atomic E-state index is -4.50. The molecule has 36 heavy (non-hydrogen) atoms. The maximum atomic E-state index is 13.2. The van der Waals surface area contributed by atoms with Crippen LogP contribution >= 0.6 is 11.3 Å². The molecule has 0 aliphatic rings. The average Bonchev–Trinajstić information content (AvgIpc) is 3.27. The lowest BCUT2D eigenvalue weighted by Crippen LogP contribution is -2.10. The zero-order valence-corrected chi connectivity index (χ0v) is 20.1. The Labute approximate surface area is 208 Å². The van der Waals surface area contributed by atoms with Gasteiger partial charge in [-0.05, 0) is 67.9 Å². The number of fused-ring (bicyclic) bond motifs is 2. The number of carbonyl (C=O) groups excluding carboxylic acids is 1. The number of nitrogens with one attached hydrogen (secondary N) is 1. The molecule has 0 atom stereocenters. The molecule has 0 bridgehead atoms. The molecule has 182 valence electrons. The van der Waals surface area contributed by atoms with Gasteiger partial charge in [0.15, 0.2) is 0 Å². The molecular weight excluding hydrogens is 487 g/mol. The minimum Gasteiger partial charge on any atom is -0.462 e. The second-order valence-electron chi connectivity index (χ2n) is 8.19. The lowest BCUT2D eigenvalue weighted by Gasteiger charge is -2.15. The molecule has 0 radical (unpaired) electrons. The van der Waals surface area contributed by atoms with Crippen molar-refractivity contribution in [2.45, 2.75) is 20.0 Å². The van der Waals surface area contributed by atoms with Crippen molar-refractivity contribution in [3.63, 3.8) is 0 Å². The highest BCUT2D eigenvalue weighted by molar-refractivity contribution is 7.21. The number of thiazole rings is 1. The van der Waals surface area contributed by atoms with Crippen molar-refractivity contribution in [3.8, 4) is 10.6 Å². The number of hydrogen-bond donors (Lipinski definition) is 1. The van der Waals surface area contributed by atoms with Crippen molar-refractivity contribution in [1.82, 2.24) is 9.97 Å². The van der Waals surface area contributed by atoms with E-state index in [1.807, 2.05) is 43.3 Å². The van der Waals surface area contributed by atoms with E-state index >= 15 is 0 Å². The number of aromatic nitrogens is 2. The molecule has 0 saturated carbocycles. The molecular formula is C27H20F3N3O2S. The van der Waals surface area contributed by atoms with Crippen LogP contribution in [-0.4, -0.2) is 22.5 Å². The van der Waals surface area contributed by atoms with Gasteiger partial charge in [0.25, 0.3) is 0 Å². The highest BCUT2D eigenvalue weighted by atomic mass is 32.1. The summed E-state index contributed by atoms with van der Waals surface area (Å²) in [5, 5.41) is 4.44. The van der Waals surface area contributed by atoms with Gasteiger partial charge in [-0.3, -0.25) is 4.98 Å². The van der Waals surface area contributed by atoms with Gasteiger partial charge in [-0.2, -0.15) is 13.2 Å². The second-order valence-corrected chi connectivity index (χ2v) is 9.22. The van der Waals surface area contributed by atoms with Crippen molar-refractivity contribution in [1.29, 1.82) is 0 Å². The van der Waals surface area contributed by atoms with Crippen LogP contribution in [0.5, 0.6) is 0 Å². The van der Waals surface area contributed by atoms with Crippen LogP contribution in [0.4, 0.5) is 24.5 Å². The molecule has 0 fully saturated rings. The highest BCUT2D eigenvalue weighted by Gasteiger charge is 2.31. The van der Waals surface area contributed by atoms with E-state index in [-0.39, 0.29) is 17.7 Å². The van der Waals surface area contributed by atoms with Crippen LogP contribution in [0.3, 0.4) is 0 Å². The van der Waals surface area contributed by atoms with Gasteiger partial charge >= 0.3 is 12.1 Å². The van der Waals surface area contributed by atoms with Gasteiger partial charge < -0.3 is 10.1 Å². The number of rotatable bonds is 5. The number of carbonyl (C=O) groups is 1. The third-order valence-corrected chi connectivity index (χ3v) is 6.70. The Balaban J connectivity index is 1.52. The van der Waals surface area contributed by atoms with E-state index in [9.17, 15) is 18.0 Å². The summed E-state index contributed by atoms with van der Waals surface area (Å²) in [6.07, 6.45) is -3.27. The molecule has 0 unspecified atom stereocenters. The second kappa shape index (κ2) is 9.23. The van der Waals surface area contributed by atoms with Gasteiger partial charge in [0.1, 0.15) is 10.6 Å². The fraction of sp³-hybridized carbons (Fsp3) is 0.148. The Morgan fingerprint density at radius 3 is 2.53 bits per heavy atom. The quantitative estimate of drug-likeness (QED) is 0.246. The van der Waals surface area contributed by atoms with Crippen LogP contribution in [0.2, 0.25) is 0 Å². The molecule has 2 heterocycles. The number of anilines is 2. The van der Waals surface area contributed by atoms with Crippen LogP contribution in [0.1, 0.15) is 28.4 Å². The predicted octanol–water partition coefficient (Wildman–Crippen LogP) is 7.76. The minimum absolute atomic E-state index is 0.113. The van der Waals surface area contributed by atoms with Crippen LogP contribution in [0, 0.1) is 6.92 Å². The standard InChI is InChI=1S/C27H20F3N3O2S/c1-3-35-26(34)20-14-31-22-13-17(27(28,29)30)7-10-19(22)24(20)32-18-8-5-16(6-9-18)25-33-21-11-4-15(2)12-23(21)36-25/h4-14H,3H2,1-2H3,(H,31,32). The third-order valence-electron chi connectivity index (χ3n) is 5.64. The fourth-order valence-electron chi connectivity index (χ4n) is 3.86. The van der Waals surface area contributed by atoms with Crippen molar-refractivity contribution in [2.75, 3.05) is 11.9 Å². The van der Waals surface area contributed by atoms with Gasteiger partial charge in [-0.15, -0.1) is 11.3 Å². The topological polar surface area (TPSA) is 64.1 Å². The molecule has 9 heteroatoms. The van der Waals surface area contributed by atoms with Crippen molar-refractivity contribution in [2.24, 2.45) is 0 Å². The van der Waals surface area contributed by atoms with Gasteiger partial charge in [0, 0.05) is 22.8 Å². The molecule has 0 amide bonds. The molecule has 5 nitrogen and oxygen atoms in total. The summed E-state index contributed by atoms with van der Waals surface area (Å²) in [7, 11) is 0. The van der Waals surface area contributed by atoms with E-state index in [1.54, 1.807) is 18.3 Å². The monoisotopic (exact) mass is 507 g/mol. The summed E-state index contributed by atoms with van der Waals surface area (Å²) in [5.41, 5.74) is 3.44. The third kappa shape index (κ3) is 4.61. The largest absolute Gasteiger partial charge is 0.462 e. The SMILES string of the molecule is CCOC(=O)c1cnc2cc(C(F)(F)F)ccc2c1Nc1ccc(-c2nc3ccc(C)cc3s2)cc1. The predicted molar refractivity (Wildman–Crippen MR) is 136 cm³/mol. The highest BCUT2D eigenvalue weighted by Crippen LogP contribution is 2.36. The molecule has 0 spiro atoms. The molecule has 0 saturated heterocycles. The van der Waals surface area contributed by atoms with Gasteiger partial charge in [-0.25, -0.2) is 9.78 Å². The number of aryl methyl sites for hydroxylation is 1. The molecule has 3 aromatic carbocycles. The van der Waals surface area contributed by atoms with Gasteiger partial charge in [0.05, 0.1) is 33.6 Å².